The number of carbonyl (C=O) groups excluding carboxylic acids is 1. The number of hydrogen-bond donors (Lipinski definition) is 2. The van der Waals surface area contributed by atoms with E-state index < -0.39 is 0 Å². The molecule has 1 aromatic heterocycles. The summed E-state index contributed by atoms with van der Waals surface area (Å²) in [5.74, 6) is -0.198. The van der Waals surface area contributed by atoms with Crippen molar-refractivity contribution in [3.63, 3.8) is 0 Å². The fourth-order valence-electron chi connectivity index (χ4n) is 2.70. The Balaban J connectivity index is 1.76. The van der Waals surface area contributed by atoms with Gasteiger partial charge < -0.3 is 5.32 Å². The number of aromatic nitrogens is 2. The van der Waals surface area contributed by atoms with E-state index in [1.54, 1.807) is 18.2 Å². The summed E-state index contributed by atoms with van der Waals surface area (Å²) in [7, 11) is 0. The number of nitrogens with one attached hydrogen (secondary N) is 2. The number of nitrogens with zero attached hydrogens (tertiary/aromatic N) is 1. The zero-order valence-electron chi connectivity index (χ0n) is 14.5. The number of carbonyl (C=O) groups is 1. The van der Waals surface area contributed by atoms with E-state index in [0.29, 0.717) is 21.4 Å². The molecular formula is C20H19Cl2N3O. The first-order valence-corrected chi connectivity index (χ1v) is 9.11. The van der Waals surface area contributed by atoms with Gasteiger partial charge in [0.1, 0.15) is 5.69 Å². The van der Waals surface area contributed by atoms with Gasteiger partial charge in [0.05, 0.1) is 21.8 Å². The summed E-state index contributed by atoms with van der Waals surface area (Å²) in [5.41, 5.74) is 4.10. The van der Waals surface area contributed by atoms with E-state index in [1.807, 2.05) is 44.2 Å². The van der Waals surface area contributed by atoms with E-state index in [4.69, 9.17) is 23.2 Å². The molecule has 0 saturated carbocycles. The Morgan fingerprint density at radius 2 is 1.85 bits per heavy atom. The van der Waals surface area contributed by atoms with Crippen LogP contribution in [0.1, 0.15) is 41.0 Å². The molecule has 1 unspecified atom stereocenters. The van der Waals surface area contributed by atoms with Gasteiger partial charge in [-0.25, -0.2) is 0 Å². The van der Waals surface area contributed by atoms with Crippen molar-refractivity contribution >= 4 is 29.1 Å². The maximum atomic E-state index is 12.6. The standard InChI is InChI=1S/C20H19Cl2N3O/c1-3-17(13-6-4-12(2)5-7-13)23-20(26)19-11-18(24-25-19)14-8-9-15(21)16(22)10-14/h4-11,17H,3H2,1-2H3,(H,23,26)(H,24,25). The number of hydrogen-bond acceptors (Lipinski definition) is 2. The van der Waals surface area contributed by atoms with E-state index >= 15 is 0 Å². The average molecular weight is 388 g/mol. The molecular weight excluding hydrogens is 369 g/mol. The van der Waals surface area contributed by atoms with Crippen LogP contribution < -0.4 is 5.32 Å². The normalized spacial score (nSPS) is 12.0. The van der Waals surface area contributed by atoms with Gasteiger partial charge in [0.15, 0.2) is 0 Å². The van der Waals surface area contributed by atoms with Gasteiger partial charge in [-0.3, -0.25) is 9.89 Å². The van der Waals surface area contributed by atoms with Crippen LogP contribution in [0.2, 0.25) is 10.0 Å². The number of amides is 1. The number of halogens is 2. The maximum absolute atomic E-state index is 12.6. The minimum Gasteiger partial charge on any atom is -0.344 e. The van der Waals surface area contributed by atoms with Crippen LogP contribution in [0, 0.1) is 6.92 Å². The molecule has 2 aromatic carbocycles. The minimum atomic E-state index is -0.198. The lowest BCUT2D eigenvalue weighted by molar-refractivity contribution is 0.0930. The van der Waals surface area contributed by atoms with E-state index in [2.05, 4.69) is 15.5 Å². The average Bonchev–Trinajstić information content (AvgIpc) is 3.13. The summed E-state index contributed by atoms with van der Waals surface area (Å²) in [6.45, 7) is 4.08. The summed E-state index contributed by atoms with van der Waals surface area (Å²) in [6.07, 6.45) is 0.794. The molecule has 3 aromatic rings. The molecule has 0 aliphatic rings. The third-order valence-corrected chi connectivity index (χ3v) is 4.97. The lowest BCUT2D eigenvalue weighted by Gasteiger charge is -2.17. The van der Waals surface area contributed by atoms with Crippen molar-refractivity contribution in [3.8, 4) is 11.3 Å². The van der Waals surface area contributed by atoms with E-state index in [1.165, 1.54) is 5.56 Å². The zero-order valence-corrected chi connectivity index (χ0v) is 16.0. The van der Waals surface area contributed by atoms with Crippen LogP contribution in [0.4, 0.5) is 0 Å². The Hall–Kier alpha value is -2.30. The highest BCUT2D eigenvalue weighted by Gasteiger charge is 2.17. The number of H-pyrrole nitrogens is 1. The van der Waals surface area contributed by atoms with Gasteiger partial charge in [-0.15, -0.1) is 0 Å². The first-order chi connectivity index (χ1) is 12.5. The van der Waals surface area contributed by atoms with Crippen molar-refractivity contribution in [2.24, 2.45) is 0 Å². The van der Waals surface area contributed by atoms with Crippen molar-refractivity contribution in [2.75, 3.05) is 0 Å². The Morgan fingerprint density at radius 1 is 1.12 bits per heavy atom. The van der Waals surface area contributed by atoms with Crippen LogP contribution in [-0.4, -0.2) is 16.1 Å². The molecule has 0 radical (unpaired) electrons. The monoisotopic (exact) mass is 387 g/mol. The Bertz CT molecular complexity index is 919. The smallest absolute Gasteiger partial charge is 0.269 e. The maximum Gasteiger partial charge on any atom is 0.269 e. The van der Waals surface area contributed by atoms with Crippen LogP contribution >= 0.6 is 23.2 Å². The van der Waals surface area contributed by atoms with E-state index in [0.717, 1.165) is 17.5 Å². The summed E-state index contributed by atoms with van der Waals surface area (Å²) in [5, 5.41) is 11.0. The first-order valence-electron chi connectivity index (χ1n) is 8.36. The SMILES string of the molecule is CCC(NC(=O)c1cc(-c2ccc(Cl)c(Cl)c2)n[nH]1)c1ccc(C)cc1. The van der Waals surface area contributed by atoms with E-state index in [9.17, 15) is 4.79 Å². The molecule has 0 bridgehead atoms. The van der Waals surface area contributed by atoms with Crippen LogP contribution in [0.3, 0.4) is 0 Å². The molecule has 26 heavy (non-hydrogen) atoms. The molecule has 3 rings (SSSR count). The molecule has 0 saturated heterocycles. The summed E-state index contributed by atoms with van der Waals surface area (Å²) in [6, 6.07) is 15.1. The molecule has 6 heteroatoms. The van der Waals surface area contributed by atoms with Crippen molar-refractivity contribution in [1.29, 1.82) is 0 Å². The van der Waals surface area contributed by atoms with Gasteiger partial charge in [0.25, 0.3) is 5.91 Å². The predicted molar refractivity (Wildman–Crippen MR) is 106 cm³/mol. The van der Waals surface area contributed by atoms with Gasteiger partial charge in [-0.2, -0.15) is 5.10 Å². The summed E-state index contributed by atoms with van der Waals surface area (Å²) >= 11 is 12.0. The second-order valence-corrected chi connectivity index (χ2v) is 6.96. The molecule has 1 atom stereocenters. The molecule has 1 amide bonds. The van der Waals surface area contributed by atoms with Crippen LogP contribution in [0.25, 0.3) is 11.3 Å². The number of benzene rings is 2. The second-order valence-electron chi connectivity index (χ2n) is 6.14. The first kappa shape index (κ1) is 18.5. The van der Waals surface area contributed by atoms with Gasteiger partial charge in [-0.05, 0) is 37.1 Å². The molecule has 0 aliphatic carbocycles. The van der Waals surface area contributed by atoms with Crippen LogP contribution in [0.5, 0.6) is 0 Å². The second kappa shape index (κ2) is 7.94. The molecule has 4 nitrogen and oxygen atoms in total. The number of rotatable bonds is 5. The van der Waals surface area contributed by atoms with Crippen LogP contribution in [-0.2, 0) is 0 Å². The summed E-state index contributed by atoms with van der Waals surface area (Å²) in [4.78, 5) is 12.6. The van der Waals surface area contributed by atoms with Gasteiger partial charge in [-0.1, -0.05) is 66.0 Å². The fraction of sp³-hybridized carbons (Fsp3) is 0.200. The highest BCUT2D eigenvalue weighted by molar-refractivity contribution is 6.42. The van der Waals surface area contributed by atoms with Crippen molar-refractivity contribution in [1.82, 2.24) is 15.5 Å². The lowest BCUT2D eigenvalue weighted by Crippen LogP contribution is -2.28. The van der Waals surface area contributed by atoms with E-state index in [-0.39, 0.29) is 11.9 Å². The largest absolute Gasteiger partial charge is 0.344 e. The molecule has 0 aliphatic heterocycles. The molecule has 2 N–H and O–H groups in total. The fourth-order valence-corrected chi connectivity index (χ4v) is 3.00. The van der Waals surface area contributed by atoms with Gasteiger partial charge in [0.2, 0.25) is 0 Å². The third-order valence-electron chi connectivity index (χ3n) is 4.23. The van der Waals surface area contributed by atoms with Crippen molar-refractivity contribution in [2.45, 2.75) is 26.3 Å². The van der Waals surface area contributed by atoms with Crippen LogP contribution in [0.15, 0.2) is 48.5 Å². The van der Waals surface area contributed by atoms with Gasteiger partial charge in [0, 0.05) is 5.56 Å². The Labute approximate surface area is 162 Å². The highest BCUT2D eigenvalue weighted by Crippen LogP contribution is 2.28. The number of aromatic amines is 1. The highest BCUT2D eigenvalue weighted by atomic mass is 35.5. The Morgan fingerprint density at radius 3 is 2.50 bits per heavy atom. The molecule has 1 heterocycles. The zero-order chi connectivity index (χ0) is 18.7. The number of aryl methyl sites for hydroxylation is 1. The quantitative estimate of drug-likeness (QED) is 0.600. The predicted octanol–water partition coefficient (Wildman–Crippen LogP) is 5.57. The minimum absolute atomic E-state index is 0.0557. The lowest BCUT2D eigenvalue weighted by atomic mass is 10.0. The molecule has 0 spiro atoms. The van der Waals surface area contributed by atoms with Gasteiger partial charge >= 0.3 is 0 Å². The molecule has 134 valence electrons. The van der Waals surface area contributed by atoms with Crippen molar-refractivity contribution in [3.05, 3.63) is 75.4 Å². The Kier molecular flexibility index (Phi) is 5.64. The topological polar surface area (TPSA) is 57.8 Å². The summed E-state index contributed by atoms with van der Waals surface area (Å²) < 4.78 is 0. The van der Waals surface area contributed by atoms with Crippen molar-refractivity contribution < 1.29 is 4.79 Å². The third kappa shape index (κ3) is 4.09. The molecule has 0 fully saturated rings.